The number of rotatable bonds is 6. The van der Waals surface area contributed by atoms with E-state index in [1.807, 2.05) is 0 Å². The van der Waals surface area contributed by atoms with Crippen LogP contribution >= 0.6 is 0 Å². The average molecular weight is 241 g/mol. The number of amides is 1. The fourth-order valence-electron chi connectivity index (χ4n) is 2.64. The highest BCUT2D eigenvalue weighted by molar-refractivity contribution is 5.76. The summed E-state index contributed by atoms with van der Waals surface area (Å²) in [4.78, 5) is 11.9. The molecule has 0 bridgehead atoms. The largest absolute Gasteiger partial charge is 0.396 e. The summed E-state index contributed by atoms with van der Waals surface area (Å²) in [6.07, 6.45) is 7.66. The molecule has 1 aliphatic carbocycles. The lowest BCUT2D eigenvalue weighted by molar-refractivity contribution is -0.123. The zero-order valence-corrected chi connectivity index (χ0v) is 11.3. The molecule has 0 aliphatic heterocycles. The molecule has 3 heteroatoms. The van der Waals surface area contributed by atoms with E-state index in [4.69, 9.17) is 5.11 Å². The molecule has 0 aromatic carbocycles. The zero-order valence-electron chi connectivity index (χ0n) is 11.3. The third-order valence-corrected chi connectivity index (χ3v) is 3.92. The number of aliphatic hydroxyl groups is 1. The minimum absolute atomic E-state index is 0.180. The first-order chi connectivity index (χ1) is 8.06. The van der Waals surface area contributed by atoms with Crippen LogP contribution in [-0.4, -0.2) is 24.2 Å². The number of aliphatic hydroxyl groups excluding tert-OH is 1. The number of carbonyl (C=O) groups excluding carboxylic acids is 1. The highest BCUT2D eigenvalue weighted by Crippen LogP contribution is 2.38. The maximum Gasteiger partial charge on any atom is 0.220 e. The maximum atomic E-state index is 11.9. The van der Waals surface area contributed by atoms with E-state index in [0.29, 0.717) is 18.9 Å². The number of hydrogen-bond acceptors (Lipinski definition) is 2. The smallest absolute Gasteiger partial charge is 0.220 e. The predicted octanol–water partition coefficient (Wildman–Crippen LogP) is 2.48. The molecule has 1 saturated carbocycles. The van der Waals surface area contributed by atoms with Crippen molar-refractivity contribution in [3.63, 3.8) is 0 Å². The Morgan fingerprint density at radius 1 is 1.35 bits per heavy atom. The van der Waals surface area contributed by atoms with Gasteiger partial charge in [0.1, 0.15) is 0 Å². The van der Waals surface area contributed by atoms with Gasteiger partial charge in [0.25, 0.3) is 0 Å². The first-order valence-electron chi connectivity index (χ1n) is 6.93. The van der Waals surface area contributed by atoms with E-state index >= 15 is 0 Å². The van der Waals surface area contributed by atoms with Gasteiger partial charge >= 0.3 is 0 Å². The van der Waals surface area contributed by atoms with Gasteiger partial charge in [-0.25, -0.2) is 0 Å². The molecule has 0 spiro atoms. The molecule has 17 heavy (non-hydrogen) atoms. The van der Waals surface area contributed by atoms with E-state index in [1.165, 1.54) is 32.1 Å². The van der Waals surface area contributed by atoms with Crippen LogP contribution < -0.4 is 5.32 Å². The summed E-state index contributed by atoms with van der Waals surface area (Å²) in [7, 11) is 0. The van der Waals surface area contributed by atoms with Crippen LogP contribution in [0.5, 0.6) is 0 Å². The molecule has 0 aromatic heterocycles. The third kappa shape index (κ3) is 5.53. The number of hydrogen-bond donors (Lipinski definition) is 2. The molecule has 0 saturated heterocycles. The van der Waals surface area contributed by atoms with Crippen LogP contribution in [0, 0.1) is 11.3 Å². The summed E-state index contributed by atoms with van der Waals surface area (Å²) < 4.78 is 0. The van der Waals surface area contributed by atoms with Crippen molar-refractivity contribution >= 4 is 5.91 Å². The van der Waals surface area contributed by atoms with E-state index in [9.17, 15) is 4.79 Å². The van der Waals surface area contributed by atoms with Crippen molar-refractivity contribution in [1.82, 2.24) is 5.32 Å². The van der Waals surface area contributed by atoms with Crippen molar-refractivity contribution in [3.8, 4) is 0 Å². The molecule has 100 valence electrons. The first kappa shape index (κ1) is 14.5. The Kier molecular flexibility index (Phi) is 5.96. The fourth-order valence-corrected chi connectivity index (χ4v) is 2.64. The quantitative estimate of drug-likeness (QED) is 0.750. The van der Waals surface area contributed by atoms with Gasteiger partial charge in [0.15, 0.2) is 0 Å². The Morgan fingerprint density at radius 2 is 2.00 bits per heavy atom. The lowest BCUT2D eigenvalue weighted by atomic mass is 9.73. The van der Waals surface area contributed by atoms with Crippen LogP contribution in [0.3, 0.4) is 0 Å². The number of nitrogens with one attached hydrogen (secondary N) is 1. The number of carbonyl (C=O) groups is 1. The van der Waals surface area contributed by atoms with Gasteiger partial charge in [0, 0.05) is 19.6 Å². The molecule has 1 rings (SSSR count). The highest BCUT2D eigenvalue weighted by Gasteiger charge is 2.29. The van der Waals surface area contributed by atoms with Crippen molar-refractivity contribution < 1.29 is 9.90 Å². The molecule has 3 nitrogen and oxygen atoms in total. The Bertz CT molecular complexity index is 234. The van der Waals surface area contributed by atoms with E-state index in [0.717, 1.165) is 6.42 Å². The van der Waals surface area contributed by atoms with Gasteiger partial charge in [-0.2, -0.15) is 0 Å². The topological polar surface area (TPSA) is 49.3 Å². The van der Waals surface area contributed by atoms with Crippen molar-refractivity contribution in [2.24, 2.45) is 11.3 Å². The van der Waals surface area contributed by atoms with Gasteiger partial charge < -0.3 is 10.4 Å². The van der Waals surface area contributed by atoms with Gasteiger partial charge in [-0.1, -0.05) is 33.1 Å². The molecular weight excluding hydrogens is 214 g/mol. The Hall–Kier alpha value is -0.570. The standard InChI is InChI=1S/C14H27NO2/c1-12(6-9-16)11-15-13(17)10-14(2)7-4-3-5-8-14/h12,16H,3-11H2,1-2H3,(H,15,17). The second-order valence-electron chi connectivity index (χ2n) is 5.97. The molecule has 1 fully saturated rings. The van der Waals surface area contributed by atoms with Gasteiger partial charge in [0.2, 0.25) is 5.91 Å². The molecule has 0 aromatic rings. The second-order valence-corrected chi connectivity index (χ2v) is 5.97. The van der Waals surface area contributed by atoms with Crippen LogP contribution in [-0.2, 0) is 4.79 Å². The first-order valence-corrected chi connectivity index (χ1v) is 6.93. The second kappa shape index (κ2) is 7.00. The van der Waals surface area contributed by atoms with Crippen molar-refractivity contribution in [3.05, 3.63) is 0 Å². The molecule has 1 atom stereocenters. The molecule has 0 heterocycles. The van der Waals surface area contributed by atoms with E-state index in [1.54, 1.807) is 0 Å². The molecule has 0 radical (unpaired) electrons. The fraction of sp³-hybridized carbons (Fsp3) is 0.929. The van der Waals surface area contributed by atoms with E-state index < -0.39 is 0 Å². The van der Waals surface area contributed by atoms with Crippen molar-refractivity contribution in [1.29, 1.82) is 0 Å². The lowest BCUT2D eigenvalue weighted by Gasteiger charge is -2.33. The maximum absolute atomic E-state index is 11.9. The molecule has 1 amide bonds. The summed E-state index contributed by atoms with van der Waals surface area (Å²) >= 11 is 0. The zero-order chi connectivity index (χ0) is 12.7. The minimum atomic E-state index is 0.180. The van der Waals surface area contributed by atoms with Crippen LogP contribution in [0.25, 0.3) is 0 Å². The van der Waals surface area contributed by atoms with E-state index in [-0.39, 0.29) is 17.9 Å². The summed E-state index contributed by atoms with van der Waals surface area (Å²) in [5.74, 6) is 0.544. The van der Waals surface area contributed by atoms with Crippen molar-refractivity contribution in [2.75, 3.05) is 13.2 Å². The normalized spacial score (nSPS) is 20.9. The average Bonchev–Trinajstić information content (AvgIpc) is 2.27. The Morgan fingerprint density at radius 3 is 2.59 bits per heavy atom. The molecule has 1 aliphatic rings. The lowest BCUT2D eigenvalue weighted by Crippen LogP contribution is -2.34. The summed E-state index contributed by atoms with van der Waals surface area (Å²) in [6.45, 7) is 5.19. The monoisotopic (exact) mass is 241 g/mol. The molecular formula is C14H27NO2. The third-order valence-electron chi connectivity index (χ3n) is 3.92. The van der Waals surface area contributed by atoms with Crippen molar-refractivity contribution in [2.45, 2.75) is 58.8 Å². The van der Waals surface area contributed by atoms with Crippen LogP contribution in [0.15, 0.2) is 0 Å². The Labute approximate surface area is 105 Å². The van der Waals surface area contributed by atoms with Crippen LogP contribution in [0.2, 0.25) is 0 Å². The van der Waals surface area contributed by atoms with E-state index in [2.05, 4.69) is 19.2 Å². The van der Waals surface area contributed by atoms with Gasteiger partial charge in [-0.3, -0.25) is 4.79 Å². The van der Waals surface area contributed by atoms with Gasteiger partial charge in [-0.05, 0) is 30.6 Å². The van der Waals surface area contributed by atoms with Gasteiger partial charge in [0.05, 0.1) is 0 Å². The highest BCUT2D eigenvalue weighted by atomic mass is 16.3. The molecule has 1 unspecified atom stereocenters. The SMILES string of the molecule is CC(CCO)CNC(=O)CC1(C)CCCCC1. The summed E-state index contributed by atoms with van der Waals surface area (Å²) in [5.41, 5.74) is 0.225. The van der Waals surface area contributed by atoms with Crippen LogP contribution in [0.4, 0.5) is 0 Å². The minimum Gasteiger partial charge on any atom is -0.396 e. The Balaban J connectivity index is 2.24. The summed E-state index contributed by atoms with van der Waals surface area (Å²) in [5, 5.41) is 11.8. The molecule has 2 N–H and O–H groups in total. The van der Waals surface area contributed by atoms with Crippen LogP contribution in [0.1, 0.15) is 58.8 Å². The summed E-state index contributed by atoms with van der Waals surface area (Å²) in [6, 6.07) is 0. The van der Waals surface area contributed by atoms with Gasteiger partial charge in [-0.15, -0.1) is 0 Å². The predicted molar refractivity (Wildman–Crippen MR) is 69.7 cm³/mol.